The van der Waals surface area contributed by atoms with E-state index in [0.717, 1.165) is 5.56 Å². The van der Waals surface area contributed by atoms with Crippen LogP contribution in [0.4, 0.5) is 5.69 Å². The number of nitrogens with two attached hydrogens (primary N) is 1. The Kier molecular flexibility index (Phi) is 4.70. The summed E-state index contributed by atoms with van der Waals surface area (Å²) < 4.78 is 5.19. The summed E-state index contributed by atoms with van der Waals surface area (Å²) in [5.74, 6) is 0.222. The van der Waals surface area contributed by atoms with Gasteiger partial charge in [-0.25, -0.2) is 0 Å². The number of nitrogen functional groups attached to an aromatic ring is 1. The Balaban J connectivity index is 2.22. The number of carbonyl (C=O) groups is 1. The molecule has 2 aromatic carbocycles. The van der Waals surface area contributed by atoms with Crippen molar-refractivity contribution in [2.45, 2.75) is 13.0 Å². The highest BCUT2D eigenvalue weighted by Gasteiger charge is 2.17. The SMILES string of the molecule is COc1ccc(N)cc1C(=O)NC(C)c1ccccc1Cl. The first-order valence-electron chi connectivity index (χ1n) is 6.51. The molecule has 0 aliphatic carbocycles. The third-order valence-electron chi connectivity index (χ3n) is 3.19. The van der Waals surface area contributed by atoms with E-state index in [4.69, 9.17) is 22.1 Å². The summed E-state index contributed by atoms with van der Waals surface area (Å²) in [5, 5.41) is 3.51. The van der Waals surface area contributed by atoms with Crippen LogP contribution >= 0.6 is 11.6 Å². The minimum atomic E-state index is -0.258. The largest absolute Gasteiger partial charge is 0.496 e. The summed E-state index contributed by atoms with van der Waals surface area (Å²) in [5.41, 5.74) is 7.49. The van der Waals surface area contributed by atoms with Crippen LogP contribution in [0.2, 0.25) is 5.02 Å². The molecule has 1 unspecified atom stereocenters. The summed E-state index contributed by atoms with van der Waals surface area (Å²) in [6.45, 7) is 1.87. The Morgan fingerprint density at radius 1 is 1.29 bits per heavy atom. The van der Waals surface area contributed by atoms with Gasteiger partial charge < -0.3 is 15.8 Å². The Morgan fingerprint density at radius 3 is 2.67 bits per heavy atom. The molecule has 0 aliphatic rings. The van der Waals surface area contributed by atoms with Gasteiger partial charge in [-0.1, -0.05) is 29.8 Å². The molecule has 0 radical (unpaired) electrons. The second-order valence-corrected chi connectivity index (χ2v) is 5.08. The lowest BCUT2D eigenvalue weighted by Crippen LogP contribution is -2.27. The van der Waals surface area contributed by atoms with E-state index in [1.165, 1.54) is 7.11 Å². The minimum absolute atomic E-state index is 0.225. The van der Waals surface area contributed by atoms with Gasteiger partial charge in [-0.2, -0.15) is 0 Å². The first kappa shape index (κ1) is 15.2. The van der Waals surface area contributed by atoms with Crippen molar-refractivity contribution in [3.8, 4) is 5.75 Å². The molecule has 0 heterocycles. The number of halogens is 1. The predicted octanol–water partition coefficient (Wildman–Crippen LogP) is 3.42. The van der Waals surface area contributed by atoms with Crippen LogP contribution in [0.1, 0.15) is 28.9 Å². The van der Waals surface area contributed by atoms with Crippen molar-refractivity contribution in [1.29, 1.82) is 0 Å². The molecular formula is C16H17ClN2O2. The van der Waals surface area contributed by atoms with Gasteiger partial charge in [0.15, 0.2) is 0 Å². The van der Waals surface area contributed by atoms with Crippen molar-refractivity contribution in [2.24, 2.45) is 0 Å². The van der Waals surface area contributed by atoms with Crippen LogP contribution in [0, 0.1) is 0 Å². The van der Waals surface area contributed by atoms with E-state index in [9.17, 15) is 4.79 Å². The van der Waals surface area contributed by atoms with Crippen molar-refractivity contribution < 1.29 is 9.53 Å². The Morgan fingerprint density at radius 2 is 2.00 bits per heavy atom. The molecule has 1 amide bonds. The number of anilines is 1. The standard InChI is InChI=1S/C16H17ClN2O2/c1-10(12-5-3-4-6-14(12)17)19-16(20)13-9-11(18)7-8-15(13)21-2/h3-10H,18H2,1-2H3,(H,19,20). The second-order valence-electron chi connectivity index (χ2n) is 4.68. The fourth-order valence-corrected chi connectivity index (χ4v) is 2.38. The van der Waals surface area contributed by atoms with Crippen LogP contribution < -0.4 is 15.8 Å². The van der Waals surface area contributed by atoms with Gasteiger partial charge in [0.05, 0.1) is 18.7 Å². The smallest absolute Gasteiger partial charge is 0.255 e. The molecule has 0 fully saturated rings. The quantitative estimate of drug-likeness (QED) is 0.851. The van der Waals surface area contributed by atoms with E-state index in [2.05, 4.69) is 5.32 Å². The van der Waals surface area contributed by atoms with Gasteiger partial charge in [-0.3, -0.25) is 4.79 Å². The molecule has 1 atom stereocenters. The van der Waals surface area contributed by atoms with Crippen molar-refractivity contribution in [3.05, 3.63) is 58.6 Å². The van der Waals surface area contributed by atoms with E-state index in [-0.39, 0.29) is 11.9 Å². The first-order valence-corrected chi connectivity index (χ1v) is 6.89. The Labute approximate surface area is 128 Å². The average molecular weight is 305 g/mol. The molecule has 0 aromatic heterocycles. The lowest BCUT2D eigenvalue weighted by atomic mass is 10.1. The molecule has 0 saturated heterocycles. The normalized spacial score (nSPS) is 11.8. The zero-order chi connectivity index (χ0) is 15.4. The Hall–Kier alpha value is -2.20. The number of nitrogens with one attached hydrogen (secondary N) is 1. The maximum atomic E-state index is 12.4. The number of carbonyl (C=O) groups excluding carboxylic acids is 1. The molecule has 3 N–H and O–H groups in total. The highest BCUT2D eigenvalue weighted by atomic mass is 35.5. The number of rotatable bonds is 4. The van der Waals surface area contributed by atoms with E-state index >= 15 is 0 Å². The van der Waals surface area contributed by atoms with Crippen LogP contribution in [0.3, 0.4) is 0 Å². The minimum Gasteiger partial charge on any atom is -0.496 e. The number of methoxy groups -OCH3 is 1. The fourth-order valence-electron chi connectivity index (χ4n) is 2.08. The number of hydrogen-bond donors (Lipinski definition) is 2. The molecule has 0 saturated carbocycles. The third-order valence-corrected chi connectivity index (χ3v) is 3.53. The van der Waals surface area contributed by atoms with E-state index in [0.29, 0.717) is 22.0 Å². The predicted molar refractivity (Wildman–Crippen MR) is 84.7 cm³/mol. The lowest BCUT2D eigenvalue weighted by Gasteiger charge is -2.17. The summed E-state index contributed by atoms with van der Waals surface area (Å²) in [4.78, 5) is 12.4. The lowest BCUT2D eigenvalue weighted by molar-refractivity contribution is 0.0937. The summed E-state index contributed by atoms with van der Waals surface area (Å²) in [6.07, 6.45) is 0. The van der Waals surface area contributed by atoms with Crippen LogP contribution in [-0.4, -0.2) is 13.0 Å². The maximum absolute atomic E-state index is 12.4. The van der Waals surface area contributed by atoms with E-state index in [1.807, 2.05) is 25.1 Å². The van der Waals surface area contributed by atoms with Crippen molar-refractivity contribution >= 4 is 23.2 Å². The molecule has 110 valence electrons. The molecule has 2 rings (SSSR count). The van der Waals surface area contributed by atoms with Gasteiger partial charge >= 0.3 is 0 Å². The van der Waals surface area contributed by atoms with E-state index < -0.39 is 0 Å². The van der Waals surface area contributed by atoms with Crippen LogP contribution in [0.15, 0.2) is 42.5 Å². The third kappa shape index (κ3) is 3.47. The van der Waals surface area contributed by atoms with Crippen molar-refractivity contribution in [2.75, 3.05) is 12.8 Å². The number of hydrogen-bond acceptors (Lipinski definition) is 3. The fraction of sp³-hybridized carbons (Fsp3) is 0.188. The molecule has 0 aliphatic heterocycles. The first-order chi connectivity index (χ1) is 10.0. The van der Waals surface area contributed by atoms with Gasteiger partial charge in [-0.15, -0.1) is 0 Å². The van der Waals surface area contributed by atoms with Crippen molar-refractivity contribution in [1.82, 2.24) is 5.32 Å². The molecule has 5 heteroatoms. The molecule has 0 spiro atoms. The van der Waals surface area contributed by atoms with Crippen LogP contribution in [0.5, 0.6) is 5.75 Å². The second kappa shape index (κ2) is 6.50. The Bertz CT molecular complexity index is 658. The molecule has 0 bridgehead atoms. The van der Waals surface area contributed by atoms with Crippen LogP contribution in [-0.2, 0) is 0 Å². The molecule has 4 nitrogen and oxygen atoms in total. The van der Waals surface area contributed by atoms with Crippen LogP contribution in [0.25, 0.3) is 0 Å². The maximum Gasteiger partial charge on any atom is 0.255 e. The summed E-state index contributed by atoms with van der Waals surface area (Å²) in [7, 11) is 1.51. The zero-order valence-electron chi connectivity index (χ0n) is 11.9. The topological polar surface area (TPSA) is 64.3 Å². The summed E-state index contributed by atoms with van der Waals surface area (Å²) in [6, 6.07) is 12.1. The number of ether oxygens (including phenoxy) is 1. The average Bonchev–Trinajstić information content (AvgIpc) is 2.47. The zero-order valence-corrected chi connectivity index (χ0v) is 12.6. The monoisotopic (exact) mass is 304 g/mol. The van der Waals surface area contributed by atoms with Gasteiger partial charge in [0.2, 0.25) is 0 Å². The molecular weight excluding hydrogens is 288 g/mol. The van der Waals surface area contributed by atoms with Gasteiger partial charge in [0, 0.05) is 10.7 Å². The molecule has 21 heavy (non-hydrogen) atoms. The number of amides is 1. The molecule has 2 aromatic rings. The number of benzene rings is 2. The highest BCUT2D eigenvalue weighted by molar-refractivity contribution is 6.31. The van der Waals surface area contributed by atoms with Gasteiger partial charge in [0.1, 0.15) is 5.75 Å². The van der Waals surface area contributed by atoms with Crippen molar-refractivity contribution in [3.63, 3.8) is 0 Å². The van der Waals surface area contributed by atoms with Gasteiger partial charge in [-0.05, 0) is 36.8 Å². The summed E-state index contributed by atoms with van der Waals surface area (Å²) >= 11 is 6.14. The highest BCUT2D eigenvalue weighted by Crippen LogP contribution is 2.25. The van der Waals surface area contributed by atoms with Gasteiger partial charge in [0.25, 0.3) is 5.91 Å². The van der Waals surface area contributed by atoms with E-state index in [1.54, 1.807) is 24.3 Å².